The van der Waals surface area contributed by atoms with E-state index in [0.717, 1.165) is 55.0 Å². The van der Waals surface area contributed by atoms with E-state index in [1.807, 2.05) is 0 Å². The van der Waals surface area contributed by atoms with Gasteiger partial charge in [-0.2, -0.15) is 0 Å². The van der Waals surface area contributed by atoms with Crippen LogP contribution in [0.25, 0.3) is 21.5 Å². The number of ether oxygens (including phenoxy) is 3. The second kappa shape index (κ2) is 10.4. The fourth-order valence-electron chi connectivity index (χ4n) is 7.00. The number of halogens is 3. The van der Waals surface area contributed by atoms with Gasteiger partial charge in [0.15, 0.2) is 17.2 Å². The highest BCUT2D eigenvalue weighted by molar-refractivity contribution is 7.22. The molecule has 4 fully saturated rings. The zero-order chi connectivity index (χ0) is 29.5. The molecule has 8 nitrogen and oxygen atoms in total. The third kappa shape index (κ3) is 4.64. The molecule has 12 heteroatoms. The second-order valence-corrected chi connectivity index (χ2v) is 13.7. The Kier molecular flexibility index (Phi) is 6.72. The molecule has 1 spiro atoms. The van der Waals surface area contributed by atoms with Gasteiger partial charge in [0, 0.05) is 23.6 Å². The van der Waals surface area contributed by atoms with E-state index in [1.54, 1.807) is 31.2 Å². The second-order valence-electron chi connectivity index (χ2n) is 11.8. The summed E-state index contributed by atoms with van der Waals surface area (Å²) in [5.74, 6) is 0.00728. The molecule has 4 aliphatic rings. The number of benzene rings is 2. The largest absolute Gasteiger partial charge is 0.462 e. The van der Waals surface area contributed by atoms with Crippen LogP contribution < -0.4 is 4.90 Å². The minimum Gasteiger partial charge on any atom is -0.462 e. The molecule has 0 radical (unpaired) electrons. The van der Waals surface area contributed by atoms with Crippen LogP contribution >= 0.6 is 34.5 Å². The molecule has 1 aliphatic carbocycles. The molecular weight excluding hydrogens is 616 g/mol. The summed E-state index contributed by atoms with van der Waals surface area (Å²) < 4.78 is 39.8. The number of anilines is 1. The lowest BCUT2D eigenvalue weighted by Crippen LogP contribution is -2.52. The number of piperidine rings is 1. The lowest BCUT2D eigenvalue weighted by atomic mass is 9.87. The van der Waals surface area contributed by atoms with Crippen molar-refractivity contribution in [2.75, 3.05) is 18.1 Å². The Balaban J connectivity index is 1.07. The molecule has 4 aromatic rings. The Morgan fingerprint density at radius 2 is 1.91 bits per heavy atom. The molecule has 8 rings (SSSR count). The number of nitrogens with zero attached hydrogens (tertiary/aromatic N) is 3. The van der Waals surface area contributed by atoms with Gasteiger partial charge >= 0.3 is 5.97 Å². The van der Waals surface area contributed by atoms with Gasteiger partial charge in [-0.05, 0) is 69.7 Å². The molecule has 2 bridgehead atoms. The van der Waals surface area contributed by atoms with E-state index >= 15 is 4.39 Å². The van der Waals surface area contributed by atoms with Crippen LogP contribution in [0.3, 0.4) is 0 Å². The number of fused-ring (bicyclic) bond motifs is 3. The summed E-state index contributed by atoms with van der Waals surface area (Å²) in [4.78, 5) is 19.3. The number of carbonyl (C=O) groups is 1. The van der Waals surface area contributed by atoms with Crippen molar-refractivity contribution in [1.82, 2.24) is 10.1 Å². The number of esters is 1. The van der Waals surface area contributed by atoms with E-state index < -0.39 is 23.7 Å². The molecule has 4 atom stereocenters. The number of hydrogen-bond donors (Lipinski definition) is 0. The Morgan fingerprint density at radius 3 is 2.60 bits per heavy atom. The van der Waals surface area contributed by atoms with Gasteiger partial charge in [0.2, 0.25) is 0 Å². The third-order valence-electron chi connectivity index (χ3n) is 9.00. The van der Waals surface area contributed by atoms with Crippen molar-refractivity contribution in [2.45, 2.75) is 75.3 Å². The van der Waals surface area contributed by atoms with Crippen LogP contribution in [0.4, 0.5) is 9.52 Å². The number of aromatic nitrogens is 2. The van der Waals surface area contributed by atoms with Crippen LogP contribution in [-0.4, -0.2) is 47.0 Å². The molecule has 3 aliphatic heterocycles. The van der Waals surface area contributed by atoms with E-state index in [0.29, 0.717) is 32.6 Å². The number of rotatable bonds is 6. The Hall–Kier alpha value is -2.76. The summed E-state index contributed by atoms with van der Waals surface area (Å²) >= 11 is 14.6. The minimum absolute atomic E-state index is 0.164. The molecule has 1 saturated carbocycles. The smallest absolute Gasteiger partial charge is 0.338 e. The minimum atomic E-state index is -0.645. The Bertz CT molecular complexity index is 1720. The molecule has 43 heavy (non-hydrogen) atoms. The van der Waals surface area contributed by atoms with Gasteiger partial charge in [-0.1, -0.05) is 45.8 Å². The zero-order valence-electron chi connectivity index (χ0n) is 23.3. The predicted octanol–water partition coefficient (Wildman–Crippen LogP) is 8.07. The summed E-state index contributed by atoms with van der Waals surface area (Å²) in [6.07, 6.45) is 4.87. The highest BCUT2D eigenvalue weighted by atomic mass is 35.5. The first kappa shape index (κ1) is 27.8. The Labute approximate surface area is 261 Å². The van der Waals surface area contributed by atoms with Gasteiger partial charge in [0.1, 0.15) is 17.0 Å². The van der Waals surface area contributed by atoms with E-state index in [2.05, 4.69) is 10.1 Å². The lowest BCUT2D eigenvalue weighted by Gasteiger charge is -2.43. The summed E-state index contributed by atoms with van der Waals surface area (Å²) in [5, 5.41) is 6.16. The van der Waals surface area contributed by atoms with Crippen LogP contribution in [0, 0.1) is 5.82 Å². The highest BCUT2D eigenvalue weighted by Crippen LogP contribution is 2.54. The monoisotopic (exact) mass is 643 g/mol. The fraction of sp³-hybridized carbons (Fsp3) is 0.452. The van der Waals surface area contributed by atoms with Crippen LogP contribution in [-0.2, 0) is 14.2 Å². The summed E-state index contributed by atoms with van der Waals surface area (Å²) in [7, 11) is 0. The molecule has 5 heterocycles. The molecule has 1 unspecified atom stereocenters. The molecular formula is C31H28Cl2FN3O5S. The van der Waals surface area contributed by atoms with Gasteiger partial charge in [-0.15, -0.1) is 0 Å². The van der Waals surface area contributed by atoms with Crippen molar-refractivity contribution < 1.29 is 27.9 Å². The summed E-state index contributed by atoms with van der Waals surface area (Å²) in [6, 6.07) is 8.58. The SMILES string of the molecule is CCOC(=O)c1cc(F)c2nc(N3[C@@H]4CC[C@H]3C[C@@]3(COC(c5c(-c6c(Cl)cccc6Cl)noc5C5CC5)O3)C4)sc2c1. The summed E-state index contributed by atoms with van der Waals surface area (Å²) in [5.41, 5.74) is 1.96. The van der Waals surface area contributed by atoms with E-state index in [1.165, 1.54) is 17.4 Å². The highest BCUT2D eigenvalue weighted by Gasteiger charge is 2.55. The lowest BCUT2D eigenvalue weighted by molar-refractivity contribution is -0.104. The van der Waals surface area contributed by atoms with Crippen molar-refractivity contribution in [3.8, 4) is 11.3 Å². The first-order valence-electron chi connectivity index (χ1n) is 14.6. The van der Waals surface area contributed by atoms with Crippen molar-refractivity contribution >= 4 is 55.9 Å². The Morgan fingerprint density at radius 1 is 1.16 bits per heavy atom. The molecule has 224 valence electrons. The van der Waals surface area contributed by atoms with Crippen LogP contribution in [0.5, 0.6) is 0 Å². The number of carbonyl (C=O) groups excluding carboxylic acids is 1. The van der Waals surface area contributed by atoms with Crippen LogP contribution in [0.15, 0.2) is 34.9 Å². The average Bonchev–Trinajstić information content (AvgIpc) is 3.26. The standard InChI is InChI=1S/C31H28Cl2FN3O5S/c1-2-39-28(38)16-10-21(34)25-22(11-16)43-30(35-25)37-17-8-9-18(37)13-31(12-17)14-40-29(41-31)24-26(36-42-27(24)15-6-7-15)23-19(32)4-3-5-20(23)33/h3-5,10-11,15,17-18,29H,2,6-9,12-14H2,1H3/t17-,18+,29?,31-. The molecule has 0 amide bonds. The van der Waals surface area contributed by atoms with Crippen LogP contribution in [0.1, 0.15) is 79.3 Å². The maximum atomic E-state index is 15.0. The first-order chi connectivity index (χ1) is 20.8. The van der Waals surface area contributed by atoms with E-state index in [-0.39, 0.29) is 35.7 Å². The van der Waals surface area contributed by atoms with Gasteiger partial charge in [-0.3, -0.25) is 0 Å². The topological polar surface area (TPSA) is 86.9 Å². The van der Waals surface area contributed by atoms with Crippen molar-refractivity contribution in [3.05, 3.63) is 63.1 Å². The maximum Gasteiger partial charge on any atom is 0.338 e. The predicted molar refractivity (Wildman–Crippen MR) is 161 cm³/mol. The van der Waals surface area contributed by atoms with Gasteiger partial charge < -0.3 is 23.6 Å². The van der Waals surface area contributed by atoms with E-state index in [9.17, 15) is 4.79 Å². The van der Waals surface area contributed by atoms with Crippen LogP contribution in [0.2, 0.25) is 10.0 Å². The molecule has 3 saturated heterocycles. The van der Waals surface area contributed by atoms with Gasteiger partial charge in [0.25, 0.3) is 0 Å². The maximum absolute atomic E-state index is 15.0. The molecule has 2 aromatic carbocycles. The fourth-order valence-corrected chi connectivity index (χ4v) is 8.74. The van der Waals surface area contributed by atoms with Gasteiger partial charge in [0.05, 0.1) is 44.7 Å². The number of thiazole rings is 1. The molecule has 0 N–H and O–H groups in total. The zero-order valence-corrected chi connectivity index (χ0v) is 25.6. The van der Waals surface area contributed by atoms with Gasteiger partial charge in [-0.25, -0.2) is 14.2 Å². The molecule has 2 aromatic heterocycles. The van der Waals surface area contributed by atoms with Crippen molar-refractivity contribution in [2.24, 2.45) is 0 Å². The van der Waals surface area contributed by atoms with Crippen molar-refractivity contribution in [3.63, 3.8) is 0 Å². The summed E-state index contributed by atoms with van der Waals surface area (Å²) in [6.45, 7) is 2.40. The quantitative estimate of drug-likeness (QED) is 0.195. The first-order valence-corrected chi connectivity index (χ1v) is 16.2. The normalized spacial score (nSPS) is 26.6. The average molecular weight is 645 g/mol. The van der Waals surface area contributed by atoms with Crippen molar-refractivity contribution in [1.29, 1.82) is 0 Å². The van der Waals surface area contributed by atoms with E-state index in [4.69, 9.17) is 46.9 Å². The number of hydrogen-bond acceptors (Lipinski definition) is 9. The third-order valence-corrected chi connectivity index (χ3v) is 10.6.